The van der Waals surface area contributed by atoms with Gasteiger partial charge in [-0.1, -0.05) is 30.3 Å². The zero-order valence-corrected chi connectivity index (χ0v) is 10.6. The van der Waals surface area contributed by atoms with Crippen LogP contribution in [0, 0.1) is 3.57 Å². The van der Waals surface area contributed by atoms with Gasteiger partial charge in [0.05, 0.1) is 9.77 Å². The van der Waals surface area contributed by atoms with Gasteiger partial charge in [-0.05, 0) is 34.5 Å². The molecule has 0 N–H and O–H groups in total. The molecule has 4 heteroatoms. The van der Waals surface area contributed by atoms with Crippen LogP contribution in [-0.2, 0) is 0 Å². The Labute approximate surface area is 101 Å². The first-order chi connectivity index (χ1) is 6.81. The Morgan fingerprint density at radius 3 is 2.57 bits per heavy atom. The number of halogens is 1. The van der Waals surface area contributed by atoms with Gasteiger partial charge in [0, 0.05) is 11.8 Å². The van der Waals surface area contributed by atoms with Crippen LogP contribution in [0.4, 0.5) is 0 Å². The maximum atomic E-state index is 4.47. The minimum absolute atomic E-state index is 1.06. The summed E-state index contributed by atoms with van der Waals surface area (Å²) in [6.07, 6.45) is 4.05. The van der Waals surface area contributed by atoms with Gasteiger partial charge in [-0.3, -0.25) is 0 Å². The molecule has 0 fully saturated rings. The molecule has 2 nitrogen and oxygen atoms in total. The van der Waals surface area contributed by atoms with Gasteiger partial charge in [-0.15, -0.1) is 0 Å². The molecule has 0 unspecified atom stereocenters. The molecule has 0 aliphatic rings. The monoisotopic (exact) mass is 316 g/mol. The van der Waals surface area contributed by atoms with Gasteiger partial charge in [0.1, 0.15) is 5.69 Å². The molecular formula is C10H9IN2S. The van der Waals surface area contributed by atoms with Crippen molar-refractivity contribution in [3.8, 4) is 11.3 Å². The summed E-state index contributed by atoms with van der Waals surface area (Å²) in [5, 5.41) is 4.47. The Hall–Kier alpha value is -0.490. The average molecular weight is 316 g/mol. The number of hydrogen-bond donors (Lipinski definition) is 0. The molecule has 0 spiro atoms. The van der Waals surface area contributed by atoms with Crippen LogP contribution < -0.4 is 0 Å². The molecule has 0 saturated heterocycles. The van der Waals surface area contributed by atoms with E-state index in [-0.39, 0.29) is 0 Å². The number of rotatable bonds is 2. The molecule has 2 aromatic rings. The van der Waals surface area contributed by atoms with Crippen LogP contribution >= 0.6 is 34.5 Å². The van der Waals surface area contributed by atoms with Crippen LogP contribution in [0.2, 0.25) is 0 Å². The minimum Gasteiger partial charge on any atom is -0.213 e. The quantitative estimate of drug-likeness (QED) is 0.791. The zero-order chi connectivity index (χ0) is 9.97. The van der Waals surface area contributed by atoms with E-state index in [2.05, 4.69) is 39.8 Å². The summed E-state index contributed by atoms with van der Waals surface area (Å²) in [5.41, 5.74) is 2.23. The molecule has 0 aliphatic carbocycles. The summed E-state index contributed by atoms with van der Waals surface area (Å²) in [4.78, 5) is 0. The SMILES string of the molecule is CSn1cc(I)c(-c2ccccc2)n1. The molecule has 72 valence electrons. The molecule has 1 heterocycles. The van der Waals surface area contributed by atoms with Crippen molar-refractivity contribution in [3.63, 3.8) is 0 Å². The first kappa shape index (κ1) is 10.0. The summed E-state index contributed by atoms with van der Waals surface area (Å²) in [5.74, 6) is 0. The van der Waals surface area contributed by atoms with Crippen molar-refractivity contribution in [1.82, 2.24) is 9.19 Å². The third kappa shape index (κ3) is 1.95. The van der Waals surface area contributed by atoms with Crippen LogP contribution in [0.5, 0.6) is 0 Å². The predicted molar refractivity (Wildman–Crippen MR) is 69.3 cm³/mol. The first-order valence-corrected chi connectivity index (χ1v) is 6.42. The normalized spacial score (nSPS) is 10.4. The maximum Gasteiger partial charge on any atom is 0.107 e. The number of nitrogens with zero attached hydrogens (tertiary/aromatic N) is 2. The minimum atomic E-state index is 1.06. The van der Waals surface area contributed by atoms with Crippen LogP contribution in [0.1, 0.15) is 0 Å². The van der Waals surface area contributed by atoms with E-state index in [4.69, 9.17) is 0 Å². The highest BCUT2D eigenvalue weighted by Gasteiger charge is 2.07. The topological polar surface area (TPSA) is 17.8 Å². The van der Waals surface area contributed by atoms with Gasteiger partial charge in [0.25, 0.3) is 0 Å². The molecule has 1 aromatic heterocycles. The standard InChI is InChI=1S/C10H9IN2S/c1-14-13-7-9(11)10(12-13)8-5-3-2-4-6-8/h2-7H,1H3. The van der Waals surface area contributed by atoms with Crippen LogP contribution in [0.25, 0.3) is 11.3 Å². The van der Waals surface area contributed by atoms with Crippen molar-refractivity contribution >= 4 is 34.5 Å². The number of hydrogen-bond acceptors (Lipinski definition) is 2. The van der Waals surface area contributed by atoms with E-state index in [1.165, 1.54) is 9.13 Å². The van der Waals surface area contributed by atoms with E-state index >= 15 is 0 Å². The molecule has 0 aliphatic heterocycles. The third-order valence-corrected chi connectivity index (χ3v) is 3.23. The first-order valence-electron chi connectivity index (χ1n) is 4.16. The Kier molecular flexibility index (Phi) is 3.12. The van der Waals surface area contributed by atoms with Gasteiger partial charge in [0.2, 0.25) is 0 Å². The van der Waals surface area contributed by atoms with Crippen LogP contribution in [-0.4, -0.2) is 15.4 Å². The third-order valence-electron chi connectivity index (χ3n) is 1.88. The van der Waals surface area contributed by atoms with Gasteiger partial charge in [-0.25, -0.2) is 4.09 Å². The summed E-state index contributed by atoms with van der Waals surface area (Å²) < 4.78 is 3.06. The van der Waals surface area contributed by atoms with Crippen molar-refractivity contribution in [3.05, 3.63) is 40.1 Å². The Morgan fingerprint density at radius 1 is 1.29 bits per heavy atom. The second-order valence-electron chi connectivity index (χ2n) is 2.78. The lowest BCUT2D eigenvalue weighted by atomic mass is 10.2. The van der Waals surface area contributed by atoms with Crippen molar-refractivity contribution in [2.75, 3.05) is 6.26 Å². The molecule has 0 radical (unpaired) electrons. The Balaban J connectivity index is 2.46. The molecule has 1 aromatic carbocycles. The van der Waals surface area contributed by atoms with Gasteiger partial charge in [0.15, 0.2) is 0 Å². The predicted octanol–water partition coefficient (Wildman–Crippen LogP) is 3.28. The highest BCUT2D eigenvalue weighted by atomic mass is 127. The highest BCUT2D eigenvalue weighted by Crippen LogP contribution is 2.24. The van der Waals surface area contributed by atoms with E-state index in [0.717, 1.165) is 5.69 Å². The molecule has 14 heavy (non-hydrogen) atoms. The lowest BCUT2D eigenvalue weighted by Gasteiger charge is -1.95. The fourth-order valence-corrected chi connectivity index (χ4v) is 2.46. The highest BCUT2D eigenvalue weighted by molar-refractivity contribution is 14.1. The summed E-state index contributed by atoms with van der Waals surface area (Å²) >= 11 is 3.91. The Morgan fingerprint density at radius 2 is 2.00 bits per heavy atom. The number of benzene rings is 1. The summed E-state index contributed by atoms with van der Waals surface area (Å²) in [6.45, 7) is 0. The van der Waals surface area contributed by atoms with Crippen LogP contribution in [0.15, 0.2) is 36.5 Å². The maximum absolute atomic E-state index is 4.47. The van der Waals surface area contributed by atoms with Crippen molar-refractivity contribution in [2.45, 2.75) is 0 Å². The number of aromatic nitrogens is 2. The van der Waals surface area contributed by atoms with Crippen molar-refractivity contribution < 1.29 is 0 Å². The molecular weight excluding hydrogens is 307 g/mol. The van der Waals surface area contributed by atoms with E-state index in [1.807, 2.05) is 34.7 Å². The zero-order valence-electron chi connectivity index (χ0n) is 7.64. The fourth-order valence-electron chi connectivity index (χ4n) is 1.22. The average Bonchev–Trinajstić information content (AvgIpc) is 2.61. The summed E-state index contributed by atoms with van der Waals surface area (Å²) in [6, 6.07) is 10.2. The molecule has 0 saturated carbocycles. The Bertz CT molecular complexity index is 425. The fraction of sp³-hybridized carbons (Fsp3) is 0.100. The van der Waals surface area contributed by atoms with E-state index in [1.54, 1.807) is 11.9 Å². The summed E-state index contributed by atoms with van der Waals surface area (Å²) in [7, 11) is 0. The molecule has 0 bridgehead atoms. The van der Waals surface area contributed by atoms with Gasteiger partial charge >= 0.3 is 0 Å². The van der Waals surface area contributed by atoms with E-state index < -0.39 is 0 Å². The van der Waals surface area contributed by atoms with E-state index in [9.17, 15) is 0 Å². The van der Waals surface area contributed by atoms with Crippen molar-refractivity contribution in [2.24, 2.45) is 0 Å². The lowest BCUT2D eigenvalue weighted by molar-refractivity contribution is 1.02. The van der Waals surface area contributed by atoms with E-state index in [0.29, 0.717) is 0 Å². The van der Waals surface area contributed by atoms with Gasteiger partial charge in [-0.2, -0.15) is 5.10 Å². The van der Waals surface area contributed by atoms with Crippen molar-refractivity contribution in [1.29, 1.82) is 0 Å². The molecule has 0 atom stereocenters. The lowest BCUT2D eigenvalue weighted by Crippen LogP contribution is -1.85. The van der Waals surface area contributed by atoms with Gasteiger partial charge < -0.3 is 0 Å². The molecule has 2 rings (SSSR count). The molecule has 0 amide bonds. The smallest absolute Gasteiger partial charge is 0.107 e. The second-order valence-corrected chi connectivity index (χ2v) is 4.68. The largest absolute Gasteiger partial charge is 0.213 e. The second kappa shape index (κ2) is 4.35. The van der Waals surface area contributed by atoms with Crippen LogP contribution in [0.3, 0.4) is 0 Å².